The lowest BCUT2D eigenvalue weighted by atomic mass is 10.0. The van der Waals surface area contributed by atoms with Gasteiger partial charge in [0, 0.05) is 12.1 Å². The lowest BCUT2D eigenvalue weighted by Crippen LogP contribution is -2.29. The van der Waals surface area contributed by atoms with Gasteiger partial charge in [-0.2, -0.15) is 0 Å². The van der Waals surface area contributed by atoms with Crippen LogP contribution in [0.15, 0.2) is 18.2 Å². The first-order valence-electron chi connectivity index (χ1n) is 6.99. The molecule has 20 heavy (non-hydrogen) atoms. The molecule has 0 bridgehead atoms. The summed E-state index contributed by atoms with van der Waals surface area (Å²) in [6.45, 7) is 4.91. The highest BCUT2D eigenvalue weighted by Gasteiger charge is 2.18. The molecule has 0 atom stereocenters. The zero-order valence-corrected chi connectivity index (χ0v) is 11.9. The van der Waals surface area contributed by atoms with Gasteiger partial charge < -0.3 is 15.4 Å². The van der Waals surface area contributed by atoms with E-state index in [-0.39, 0.29) is 18.4 Å². The molecule has 0 saturated carbocycles. The molecule has 2 rings (SSSR count). The largest absolute Gasteiger partial charge is 0.482 e. The lowest BCUT2D eigenvalue weighted by molar-refractivity contribution is -0.118. The Morgan fingerprint density at radius 1 is 1.40 bits per heavy atom. The van der Waals surface area contributed by atoms with Crippen LogP contribution in [-0.4, -0.2) is 25.0 Å². The lowest BCUT2D eigenvalue weighted by Gasteiger charge is -2.18. The Morgan fingerprint density at radius 2 is 2.15 bits per heavy atom. The average molecular weight is 276 g/mol. The summed E-state index contributed by atoms with van der Waals surface area (Å²) >= 11 is 0. The second-order valence-electron chi connectivity index (χ2n) is 4.94. The Hall–Kier alpha value is -2.04. The van der Waals surface area contributed by atoms with E-state index >= 15 is 0 Å². The zero-order chi connectivity index (χ0) is 14.5. The van der Waals surface area contributed by atoms with Crippen LogP contribution in [0.1, 0.15) is 37.0 Å². The smallest absolute Gasteiger partial charge is 0.262 e. The van der Waals surface area contributed by atoms with Crippen LogP contribution >= 0.6 is 0 Å². The SMILES string of the molecule is CCC(CC)CNC(=O)c1ccc2c(c1)OCC(=O)N2. The van der Waals surface area contributed by atoms with Crippen molar-refractivity contribution in [2.24, 2.45) is 5.92 Å². The Bertz CT molecular complexity index is 510. The number of hydrogen-bond acceptors (Lipinski definition) is 3. The van der Waals surface area contributed by atoms with E-state index in [2.05, 4.69) is 24.5 Å². The van der Waals surface area contributed by atoms with Gasteiger partial charge in [0.1, 0.15) is 5.75 Å². The molecular formula is C15H20N2O3. The first-order valence-corrected chi connectivity index (χ1v) is 6.99. The van der Waals surface area contributed by atoms with Crippen molar-refractivity contribution in [1.29, 1.82) is 0 Å². The molecule has 5 nitrogen and oxygen atoms in total. The molecule has 0 aromatic heterocycles. The average Bonchev–Trinajstić information content (AvgIpc) is 2.47. The summed E-state index contributed by atoms with van der Waals surface area (Å²) in [6.07, 6.45) is 2.10. The van der Waals surface area contributed by atoms with Crippen molar-refractivity contribution in [3.8, 4) is 5.75 Å². The Kier molecular flexibility index (Phi) is 4.61. The van der Waals surface area contributed by atoms with Crippen molar-refractivity contribution in [3.05, 3.63) is 23.8 Å². The van der Waals surface area contributed by atoms with Crippen LogP contribution in [-0.2, 0) is 4.79 Å². The van der Waals surface area contributed by atoms with Crippen LogP contribution in [0.2, 0.25) is 0 Å². The number of rotatable bonds is 5. The van der Waals surface area contributed by atoms with E-state index in [4.69, 9.17) is 4.74 Å². The minimum atomic E-state index is -0.177. The Labute approximate surface area is 118 Å². The maximum atomic E-state index is 12.1. The third kappa shape index (κ3) is 3.29. The molecule has 0 unspecified atom stereocenters. The molecule has 0 saturated heterocycles. The molecule has 1 aliphatic rings. The molecular weight excluding hydrogens is 256 g/mol. The van der Waals surface area contributed by atoms with Gasteiger partial charge in [0.2, 0.25) is 0 Å². The fourth-order valence-electron chi connectivity index (χ4n) is 2.13. The number of carbonyl (C=O) groups is 2. The molecule has 0 aliphatic carbocycles. The van der Waals surface area contributed by atoms with E-state index < -0.39 is 0 Å². The first kappa shape index (κ1) is 14.4. The summed E-state index contributed by atoms with van der Waals surface area (Å²) in [5.74, 6) is 0.760. The molecule has 0 radical (unpaired) electrons. The molecule has 108 valence electrons. The monoisotopic (exact) mass is 276 g/mol. The van der Waals surface area contributed by atoms with Crippen LogP contribution in [0.25, 0.3) is 0 Å². The summed E-state index contributed by atoms with van der Waals surface area (Å²) in [4.78, 5) is 23.2. The van der Waals surface area contributed by atoms with Gasteiger partial charge in [-0.05, 0) is 24.1 Å². The van der Waals surface area contributed by atoms with Crippen molar-refractivity contribution in [2.75, 3.05) is 18.5 Å². The Balaban J connectivity index is 2.02. The van der Waals surface area contributed by atoms with Gasteiger partial charge in [-0.15, -0.1) is 0 Å². The highest BCUT2D eigenvalue weighted by atomic mass is 16.5. The highest BCUT2D eigenvalue weighted by molar-refractivity contribution is 5.98. The Morgan fingerprint density at radius 3 is 2.85 bits per heavy atom. The topological polar surface area (TPSA) is 67.4 Å². The van der Waals surface area contributed by atoms with E-state index in [0.29, 0.717) is 29.5 Å². The summed E-state index contributed by atoms with van der Waals surface area (Å²) in [5, 5.41) is 5.63. The third-order valence-electron chi connectivity index (χ3n) is 3.58. The number of benzene rings is 1. The molecule has 5 heteroatoms. The third-order valence-corrected chi connectivity index (χ3v) is 3.58. The fourth-order valence-corrected chi connectivity index (χ4v) is 2.13. The van der Waals surface area contributed by atoms with E-state index in [9.17, 15) is 9.59 Å². The number of fused-ring (bicyclic) bond motifs is 1. The maximum absolute atomic E-state index is 12.1. The maximum Gasteiger partial charge on any atom is 0.262 e. The first-order chi connectivity index (χ1) is 9.63. The van der Waals surface area contributed by atoms with Crippen LogP contribution in [0, 0.1) is 5.92 Å². The normalized spacial score (nSPS) is 13.4. The van der Waals surface area contributed by atoms with Crippen LogP contribution < -0.4 is 15.4 Å². The number of anilines is 1. The summed E-state index contributed by atoms with van der Waals surface area (Å²) < 4.78 is 5.30. The molecule has 1 aromatic rings. The minimum Gasteiger partial charge on any atom is -0.482 e. The van der Waals surface area contributed by atoms with Crippen LogP contribution in [0.3, 0.4) is 0 Å². The van der Waals surface area contributed by atoms with Gasteiger partial charge in [0.25, 0.3) is 11.8 Å². The number of carbonyl (C=O) groups excluding carboxylic acids is 2. The van der Waals surface area contributed by atoms with Crippen molar-refractivity contribution < 1.29 is 14.3 Å². The van der Waals surface area contributed by atoms with E-state index in [1.54, 1.807) is 18.2 Å². The molecule has 0 fully saturated rings. The quantitative estimate of drug-likeness (QED) is 0.866. The second-order valence-corrected chi connectivity index (χ2v) is 4.94. The van der Waals surface area contributed by atoms with Crippen molar-refractivity contribution in [1.82, 2.24) is 5.32 Å². The van der Waals surface area contributed by atoms with Crippen molar-refractivity contribution in [3.63, 3.8) is 0 Å². The van der Waals surface area contributed by atoms with Gasteiger partial charge in [-0.3, -0.25) is 9.59 Å². The van der Waals surface area contributed by atoms with Gasteiger partial charge in [-0.1, -0.05) is 26.7 Å². The molecule has 1 aromatic carbocycles. The number of ether oxygens (including phenoxy) is 1. The molecule has 1 heterocycles. The molecule has 2 amide bonds. The van der Waals surface area contributed by atoms with E-state index in [1.807, 2.05) is 0 Å². The van der Waals surface area contributed by atoms with Gasteiger partial charge in [0.05, 0.1) is 5.69 Å². The highest BCUT2D eigenvalue weighted by Crippen LogP contribution is 2.28. The second kappa shape index (κ2) is 6.41. The van der Waals surface area contributed by atoms with Gasteiger partial charge in [-0.25, -0.2) is 0 Å². The van der Waals surface area contributed by atoms with E-state index in [1.165, 1.54) is 0 Å². The summed E-state index contributed by atoms with van der Waals surface area (Å²) in [6, 6.07) is 5.05. The minimum absolute atomic E-state index is 0.00812. The predicted octanol–water partition coefficient (Wildman–Crippen LogP) is 2.18. The molecule has 0 spiro atoms. The fraction of sp³-hybridized carbons (Fsp3) is 0.467. The zero-order valence-electron chi connectivity index (χ0n) is 11.9. The van der Waals surface area contributed by atoms with Gasteiger partial charge in [0.15, 0.2) is 6.61 Å². The summed E-state index contributed by atoms with van der Waals surface area (Å²) in [5.41, 5.74) is 1.16. The summed E-state index contributed by atoms with van der Waals surface area (Å²) in [7, 11) is 0. The molecule has 2 N–H and O–H groups in total. The van der Waals surface area contributed by atoms with Crippen LogP contribution in [0.5, 0.6) is 5.75 Å². The van der Waals surface area contributed by atoms with Crippen molar-refractivity contribution >= 4 is 17.5 Å². The van der Waals surface area contributed by atoms with E-state index in [0.717, 1.165) is 12.8 Å². The molecule has 1 aliphatic heterocycles. The van der Waals surface area contributed by atoms with Crippen LogP contribution in [0.4, 0.5) is 5.69 Å². The standard InChI is InChI=1S/C15H20N2O3/c1-3-10(4-2)8-16-15(19)11-5-6-12-13(7-11)20-9-14(18)17-12/h5-7,10H,3-4,8-9H2,1-2H3,(H,16,19)(H,17,18). The predicted molar refractivity (Wildman–Crippen MR) is 77.0 cm³/mol. The number of hydrogen-bond donors (Lipinski definition) is 2. The van der Waals surface area contributed by atoms with Crippen molar-refractivity contribution in [2.45, 2.75) is 26.7 Å². The number of nitrogens with one attached hydrogen (secondary N) is 2. The van der Waals surface area contributed by atoms with Gasteiger partial charge >= 0.3 is 0 Å². The number of amides is 2.